The minimum absolute atomic E-state index is 0.332. The van der Waals surface area contributed by atoms with Gasteiger partial charge in [0.25, 0.3) is 0 Å². The fourth-order valence-electron chi connectivity index (χ4n) is 1.64. The van der Waals surface area contributed by atoms with Crippen molar-refractivity contribution in [1.29, 1.82) is 0 Å². The van der Waals surface area contributed by atoms with Crippen LogP contribution in [-0.4, -0.2) is 18.4 Å². The topological polar surface area (TPSA) is 41.6 Å². The van der Waals surface area contributed by atoms with Crippen molar-refractivity contribution < 1.29 is 9.53 Å². The molecule has 92 valence electrons. The number of nitrogens with one attached hydrogen (secondary N) is 1. The number of benzene rings is 1. The molecule has 1 amide bonds. The molecular formula is C12H15BrN2O2. The van der Waals surface area contributed by atoms with Gasteiger partial charge in [0.15, 0.2) is 0 Å². The summed E-state index contributed by atoms with van der Waals surface area (Å²) in [4.78, 5) is 13.6. The Hall–Kier alpha value is -1.23. The lowest BCUT2D eigenvalue weighted by atomic mass is 10.2. The van der Waals surface area contributed by atoms with E-state index in [2.05, 4.69) is 21.2 Å². The third kappa shape index (κ3) is 2.54. The first-order chi connectivity index (χ1) is 7.88. The number of halogens is 1. The molecule has 1 heterocycles. The zero-order valence-corrected chi connectivity index (χ0v) is 11.7. The molecule has 4 nitrogen and oxygen atoms in total. The number of ether oxygens (including phenoxy) is 1. The Morgan fingerprint density at radius 1 is 1.47 bits per heavy atom. The molecule has 0 radical (unpaired) electrons. The van der Waals surface area contributed by atoms with E-state index < -0.39 is 5.60 Å². The van der Waals surface area contributed by atoms with Crippen molar-refractivity contribution in [2.24, 2.45) is 0 Å². The molecule has 1 aliphatic heterocycles. The molecule has 5 heteroatoms. The maximum atomic E-state index is 12.0. The molecule has 1 aromatic rings. The Labute approximate surface area is 109 Å². The van der Waals surface area contributed by atoms with Gasteiger partial charge in [0, 0.05) is 4.47 Å². The predicted molar refractivity (Wildman–Crippen MR) is 71.3 cm³/mol. The van der Waals surface area contributed by atoms with Crippen molar-refractivity contribution >= 4 is 33.4 Å². The Morgan fingerprint density at radius 2 is 2.18 bits per heavy atom. The summed E-state index contributed by atoms with van der Waals surface area (Å²) < 4.78 is 6.30. The van der Waals surface area contributed by atoms with Gasteiger partial charge in [-0.1, -0.05) is 6.07 Å². The molecule has 0 saturated carbocycles. The van der Waals surface area contributed by atoms with Crippen molar-refractivity contribution in [2.45, 2.75) is 26.4 Å². The van der Waals surface area contributed by atoms with Gasteiger partial charge in [0.1, 0.15) is 5.60 Å². The summed E-state index contributed by atoms with van der Waals surface area (Å²) in [5.41, 5.74) is 1.29. The molecular weight excluding hydrogens is 284 g/mol. The summed E-state index contributed by atoms with van der Waals surface area (Å²) >= 11 is 3.44. The predicted octanol–water partition coefficient (Wildman–Crippen LogP) is 3.57. The van der Waals surface area contributed by atoms with Gasteiger partial charge >= 0.3 is 6.09 Å². The number of carbonyl (C=O) groups excluding carboxylic acids is 1. The van der Waals surface area contributed by atoms with E-state index in [4.69, 9.17) is 4.74 Å². The summed E-state index contributed by atoms with van der Waals surface area (Å²) in [7, 11) is 0. The van der Waals surface area contributed by atoms with E-state index >= 15 is 0 Å². The number of nitrogens with zero attached hydrogens (tertiary/aromatic N) is 1. The Bertz CT molecular complexity index is 454. The standard InChI is InChI=1S/C12H15BrN2O2/c1-12(2,3)17-11(16)15-7-14-10-8(13)5-4-6-9(10)15/h4-6,14H,7H2,1-3H3. The van der Waals surface area contributed by atoms with E-state index in [1.807, 2.05) is 39.0 Å². The van der Waals surface area contributed by atoms with Gasteiger partial charge in [-0.2, -0.15) is 0 Å². The number of fused-ring (bicyclic) bond motifs is 1. The smallest absolute Gasteiger partial charge is 0.416 e. The van der Waals surface area contributed by atoms with Crippen LogP contribution < -0.4 is 10.2 Å². The molecule has 1 aromatic carbocycles. The molecule has 2 rings (SSSR count). The largest absolute Gasteiger partial charge is 0.443 e. The molecule has 0 unspecified atom stereocenters. The SMILES string of the molecule is CC(C)(C)OC(=O)N1CNc2c(Br)cccc21. The van der Waals surface area contributed by atoms with Crippen LogP contribution in [-0.2, 0) is 4.74 Å². The van der Waals surface area contributed by atoms with E-state index in [1.165, 1.54) is 0 Å². The van der Waals surface area contributed by atoms with Crippen LogP contribution in [0.15, 0.2) is 22.7 Å². The van der Waals surface area contributed by atoms with Gasteiger partial charge < -0.3 is 10.1 Å². The number of rotatable bonds is 0. The van der Waals surface area contributed by atoms with Crippen LogP contribution in [0, 0.1) is 0 Å². The zero-order chi connectivity index (χ0) is 12.6. The van der Waals surface area contributed by atoms with Gasteiger partial charge in [-0.3, -0.25) is 4.90 Å². The molecule has 0 bridgehead atoms. The van der Waals surface area contributed by atoms with Gasteiger partial charge in [-0.15, -0.1) is 0 Å². The highest BCUT2D eigenvalue weighted by molar-refractivity contribution is 9.10. The van der Waals surface area contributed by atoms with Crippen molar-refractivity contribution in [3.8, 4) is 0 Å². The first-order valence-corrected chi connectivity index (χ1v) is 6.21. The second-order valence-corrected chi connectivity index (χ2v) is 5.73. The molecule has 0 atom stereocenters. The lowest BCUT2D eigenvalue weighted by molar-refractivity contribution is 0.0585. The number of carbonyl (C=O) groups is 1. The van der Waals surface area contributed by atoms with Crippen LogP contribution in [0.3, 0.4) is 0 Å². The van der Waals surface area contributed by atoms with Crippen molar-refractivity contribution in [3.05, 3.63) is 22.7 Å². The summed E-state index contributed by atoms with van der Waals surface area (Å²) in [6.07, 6.45) is -0.332. The molecule has 0 spiro atoms. The van der Waals surface area contributed by atoms with Crippen LogP contribution in [0.4, 0.5) is 16.2 Å². The van der Waals surface area contributed by atoms with Gasteiger partial charge in [0.2, 0.25) is 0 Å². The summed E-state index contributed by atoms with van der Waals surface area (Å²) in [6.45, 7) is 6.01. The normalized spacial score (nSPS) is 14.2. The van der Waals surface area contributed by atoms with Crippen molar-refractivity contribution in [3.63, 3.8) is 0 Å². The van der Waals surface area contributed by atoms with Gasteiger partial charge in [0.05, 0.1) is 18.0 Å². The fourth-order valence-corrected chi connectivity index (χ4v) is 2.13. The molecule has 0 aliphatic carbocycles. The van der Waals surface area contributed by atoms with E-state index in [9.17, 15) is 4.79 Å². The summed E-state index contributed by atoms with van der Waals surface area (Å²) in [6, 6.07) is 5.72. The molecule has 0 saturated heterocycles. The second-order valence-electron chi connectivity index (χ2n) is 4.88. The minimum Gasteiger partial charge on any atom is -0.443 e. The first-order valence-electron chi connectivity index (χ1n) is 5.41. The van der Waals surface area contributed by atoms with Crippen LogP contribution in [0.1, 0.15) is 20.8 Å². The zero-order valence-electron chi connectivity index (χ0n) is 10.1. The molecule has 17 heavy (non-hydrogen) atoms. The average molecular weight is 299 g/mol. The number of amides is 1. The molecule has 0 fully saturated rings. The summed E-state index contributed by atoms with van der Waals surface area (Å²) in [5.74, 6) is 0. The van der Waals surface area contributed by atoms with Crippen LogP contribution >= 0.6 is 15.9 Å². The van der Waals surface area contributed by atoms with Crippen molar-refractivity contribution in [1.82, 2.24) is 0 Å². The van der Waals surface area contributed by atoms with Gasteiger partial charge in [-0.05, 0) is 48.8 Å². The molecule has 1 aliphatic rings. The van der Waals surface area contributed by atoms with Crippen LogP contribution in [0.5, 0.6) is 0 Å². The highest BCUT2D eigenvalue weighted by Crippen LogP contribution is 2.37. The lowest BCUT2D eigenvalue weighted by Gasteiger charge is -2.24. The van der Waals surface area contributed by atoms with Crippen molar-refractivity contribution in [2.75, 3.05) is 16.9 Å². The van der Waals surface area contributed by atoms with Gasteiger partial charge in [-0.25, -0.2) is 4.79 Å². The first kappa shape index (κ1) is 12.2. The number of anilines is 2. The molecule has 1 N–H and O–H groups in total. The van der Waals surface area contributed by atoms with E-state index in [0.717, 1.165) is 15.8 Å². The van der Waals surface area contributed by atoms with E-state index in [0.29, 0.717) is 6.67 Å². The highest BCUT2D eigenvalue weighted by atomic mass is 79.9. The Morgan fingerprint density at radius 3 is 2.82 bits per heavy atom. The third-order valence-corrected chi connectivity index (χ3v) is 2.97. The highest BCUT2D eigenvalue weighted by Gasteiger charge is 2.29. The second kappa shape index (κ2) is 4.22. The number of hydrogen-bond donors (Lipinski definition) is 1. The molecule has 0 aromatic heterocycles. The fraction of sp³-hybridized carbons (Fsp3) is 0.417. The maximum Gasteiger partial charge on any atom is 0.416 e. The third-order valence-electron chi connectivity index (χ3n) is 2.31. The summed E-state index contributed by atoms with van der Waals surface area (Å²) in [5, 5.41) is 3.16. The maximum absolute atomic E-state index is 12.0. The average Bonchev–Trinajstić information content (AvgIpc) is 2.60. The Kier molecular flexibility index (Phi) is 3.03. The lowest BCUT2D eigenvalue weighted by Crippen LogP contribution is -2.36. The minimum atomic E-state index is -0.480. The quantitative estimate of drug-likeness (QED) is 0.796. The van der Waals surface area contributed by atoms with E-state index in [1.54, 1.807) is 4.90 Å². The van der Waals surface area contributed by atoms with Crippen LogP contribution in [0.25, 0.3) is 0 Å². The van der Waals surface area contributed by atoms with E-state index in [-0.39, 0.29) is 6.09 Å². The number of para-hydroxylation sites is 1. The number of hydrogen-bond acceptors (Lipinski definition) is 3. The monoisotopic (exact) mass is 298 g/mol. The Balaban J connectivity index is 2.23. The van der Waals surface area contributed by atoms with Crippen LogP contribution in [0.2, 0.25) is 0 Å².